The van der Waals surface area contributed by atoms with Gasteiger partial charge in [-0.2, -0.15) is 0 Å². The van der Waals surface area contributed by atoms with Crippen LogP contribution in [0.4, 0.5) is 4.79 Å². The van der Waals surface area contributed by atoms with E-state index in [1.54, 1.807) is 0 Å². The molecule has 1 aromatic carbocycles. The van der Waals surface area contributed by atoms with E-state index in [1.807, 2.05) is 57.3 Å². The van der Waals surface area contributed by atoms with Crippen molar-refractivity contribution >= 4 is 73.9 Å². The number of hydrogen-bond donors (Lipinski definition) is 1. The minimum Gasteiger partial charge on any atom is -0.449 e. The predicted molar refractivity (Wildman–Crippen MR) is 73.2 cm³/mol. The highest BCUT2D eigenvalue weighted by Gasteiger charge is 2.11. The van der Waals surface area contributed by atoms with Gasteiger partial charge in [-0.15, -0.1) is 0 Å². The second-order valence-electron chi connectivity index (χ2n) is 2.07. The molecule has 0 saturated heterocycles. The van der Waals surface area contributed by atoms with Gasteiger partial charge in [-0.25, -0.2) is 4.79 Å². The molecule has 0 aromatic heterocycles. The van der Waals surface area contributed by atoms with Crippen LogP contribution in [0.2, 0.25) is 0 Å². The predicted octanol–water partition coefficient (Wildman–Crippen LogP) is 3.56. The maximum atomic E-state index is 10.3. The molecule has 0 unspecified atom stereocenters. The Labute approximate surface area is 116 Å². The molecule has 3 nitrogen and oxygen atoms in total. The molecule has 0 heterocycles. The van der Waals surface area contributed by atoms with Crippen LogP contribution in [0, 0.1) is 10.7 Å². The summed E-state index contributed by atoms with van der Waals surface area (Å²) in [5.74, 6) is 0.411. The molecule has 0 aliphatic carbocycles. The summed E-state index contributed by atoms with van der Waals surface area (Å²) in [7, 11) is 0. The zero-order valence-corrected chi connectivity index (χ0v) is 12.5. The Hall–Kier alpha value is 0.680. The van der Waals surface area contributed by atoms with E-state index in [-0.39, 0.29) is 0 Å². The number of carbonyl (C=O) groups is 1. The number of benzene rings is 1. The fraction of sp³-hybridized carbons (Fsp3) is 0. The van der Waals surface area contributed by atoms with E-state index < -0.39 is 6.16 Å². The molecule has 6 heteroatoms. The van der Waals surface area contributed by atoms with Gasteiger partial charge < -0.3 is 9.84 Å². The van der Waals surface area contributed by atoms with Crippen LogP contribution in [-0.2, 0) is 0 Å². The van der Waals surface area contributed by atoms with Gasteiger partial charge in [0.1, 0.15) is 0 Å². The molecule has 13 heavy (non-hydrogen) atoms. The fourth-order valence-electron chi connectivity index (χ4n) is 0.714. The van der Waals surface area contributed by atoms with Gasteiger partial charge in [-0.1, -0.05) is 0 Å². The maximum absolute atomic E-state index is 10.3. The molecule has 0 saturated carbocycles. The van der Waals surface area contributed by atoms with Crippen molar-refractivity contribution in [2.24, 2.45) is 0 Å². The third-order valence-electron chi connectivity index (χ3n) is 1.15. The van der Waals surface area contributed by atoms with Gasteiger partial charge in [-0.05, 0) is 79.9 Å². The average molecular weight is 516 g/mol. The third kappa shape index (κ3) is 3.38. The van der Waals surface area contributed by atoms with Crippen molar-refractivity contribution in [3.8, 4) is 5.75 Å². The summed E-state index contributed by atoms with van der Waals surface area (Å²) in [6.07, 6.45) is -1.28. The lowest BCUT2D eigenvalue weighted by Gasteiger charge is -2.05. The number of carboxylic acid groups (broad SMARTS) is 1. The van der Waals surface area contributed by atoms with Crippen LogP contribution in [0.5, 0.6) is 5.75 Å². The molecule has 0 radical (unpaired) electrons. The molecule has 0 aliphatic heterocycles. The molecule has 1 N–H and O–H groups in total. The van der Waals surface area contributed by atoms with Crippen molar-refractivity contribution in [1.29, 1.82) is 0 Å². The maximum Gasteiger partial charge on any atom is 0.511 e. The van der Waals surface area contributed by atoms with Gasteiger partial charge in [0.05, 0.1) is 7.14 Å². The SMILES string of the molecule is O=C(O)Oc1c(I)cc(I)cc1I. The molecule has 0 amide bonds. The topological polar surface area (TPSA) is 46.5 Å². The van der Waals surface area contributed by atoms with Crippen LogP contribution < -0.4 is 4.74 Å². The van der Waals surface area contributed by atoms with E-state index in [0.717, 1.165) is 10.7 Å². The molecule has 70 valence electrons. The van der Waals surface area contributed by atoms with Gasteiger partial charge in [-0.3, -0.25) is 0 Å². The van der Waals surface area contributed by atoms with Crippen LogP contribution >= 0.6 is 67.8 Å². The first-order valence-electron chi connectivity index (χ1n) is 3.06. The summed E-state index contributed by atoms with van der Waals surface area (Å²) in [6, 6.07) is 3.73. The van der Waals surface area contributed by atoms with Crippen LogP contribution in [0.1, 0.15) is 0 Å². The monoisotopic (exact) mass is 516 g/mol. The second-order valence-corrected chi connectivity index (χ2v) is 5.64. The first-order valence-corrected chi connectivity index (χ1v) is 6.29. The van der Waals surface area contributed by atoms with Crippen molar-refractivity contribution in [3.63, 3.8) is 0 Å². The highest BCUT2D eigenvalue weighted by Crippen LogP contribution is 2.29. The van der Waals surface area contributed by atoms with Gasteiger partial charge in [0.2, 0.25) is 0 Å². The van der Waals surface area contributed by atoms with E-state index in [2.05, 4.69) is 27.3 Å². The highest BCUT2D eigenvalue weighted by atomic mass is 127. The Balaban J connectivity index is 3.13. The van der Waals surface area contributed by atoms with E-state index >= 15 is 0 Å². The number of hydrogen-bond acceptors (Lipinski definition) is 2. The Morgan fingerprint density at radius 3 is 2.08 bits per heavy atom. The van der Waals surface area contributed by atoms with Crippen molar-refractivity contribution in [2.45, 2.75) is 0 Å². The molecule has 0 atom stereocenters. The lowest BCUT2D eigenvalue weighted by atomic mass is 10.3. The Morgan fingerprint density at radius 2 is 1.69 bits per heavy atom. The van der Waals surface area contributed by atoms with Gasteiger partial charge >= 0.3 is 6.16 Å². The minimum absolute atomic E-state index is 0.411. The Morgan fingerprint density at radius 1 is 1.23 bits per heavy atom. The van der Waals surface area contributed by atoms with E-state index in [1.165, 1.54) is 0 Å². The number of rotatable bonds is 1. The first-order chi connectivity index (χ1) is 6.00. The summed E-state index contributed by atoms with van der Waals surface area (Å²) in [5, 5.41) is 8.45. The molecular weight excluding hydrogens is 513 g/mol. The van der Waals surface area contributed by atoms with Crippen molar-refractivity contribution in [2.75, 3.05) is 0 Å². The van der Waals surface area contributed by atoms with E-state index in [4.69, 9.17) is 5.11 Å². The summed E-state index contributed by atoms with van der Waals surface area (Å²) in [5.41, 5.74) is 0. The van der Waals surface area contributed by atoms with Gasteiger partial charge in [0.15, 0.2) is 5.75 Å². The van der Waals surface area contributed by atoms with Gasteiger partial charge in [0.25, 0.3) is 0 Å². The lowest BCUT2D eigenvalue weighted by molar-refractivity contribution is 0.143. The molecule has 0 spiro atoms. The highest BCUT2D eigenvalue weighted by molar-refractivity contribution is 14.1. The molecule has 1 rings (SSSR count). The summed E-state index contributed by atoms with van der Waals surface area (Å²) >= 11 is 6.26. The zero-order chi connectivity index (χ0) is 10.0. The van der Waals surface area contributed by atoms with Crippen molar-refractivity contribution < 1.29 is 14.6 Å². The van der Waals surface area contributed by atoms with Crippen molar-refractivity contribution in [1.82, 2.24) is 0 Å². The Bertz CT molecular complexity index is 328. The number of halogens is 3. The lowest BCUT2D eigenvalue weighted by Crippen LogP contribution is -2.06. The Kier molecular flexibility index (Phi) is 4.48. The number of ether oxygens (including phenoxy) is 1. The smallest absolute Gasteiger partial charge is 0.449 e. The minimum atomic E-state index is -1.28. The van der Waals surface area contributed by atoms with Crippen LogP contribution in [0.25, 0.3) is 0 Å². The summed E-state index contributed by atoms with van der Waals surface area (Å²) < 4.78 is 7.29. The van der Waals surface area contributed by atoms with E-state index in [0.29, 0.717) is 5.75 Å². The van der Waals surface area contributed by atoms with Crippen LogP contribution in [-0.4, -0.2) is 11.3 Å². The molecular formula is C7H3I3O3. The molecule has 0 fully saturated rings. The first kappa shape index (κ1) is 11.8. The van der Waals surface area contributed by atoms with Crippen LogP contribution in [0.3, 0.4) is 0 Å². The summed E-state index contributed by atoms with van der Waals surface area (Å²) in [4.78, 5) is 10.3. The molecule has 1 aromatic rings. The standard InChI is InChI=1S/C7H3I3O3/c8-3-1-4(9)6(5(10)2-3)13-7(11)12/h1-2H,(H,11,12). The average Bonchev–Trinajstić information content (AvgIpc) is 1.96. The zero-order valence-electron chi connectivity index (χ0n) is 6.05. The normalized spacial score (nSPS) is 9.77. The van der Waals surface area contributed by atoms with Crippen LogP contribution in [0.15, 0.2) is 12.1 Å². The largest absolute Gasteiger partial charge is 0.511 e. The fourth-order valence-corrected chi connectivity index (χ4v) is 4.52. The molecule has 0 aliphatic rings. The van der Waals surface area contributed by atoms with Crippen molar-refractivity contribution in [3.05, 3.63) is 22.8 Å². The quantitative estimate of drug-likeness (QED) is 0.354. The third-order valence-corrected chi connectivity index (χ3v) is 3.38. The second kappa shape index (κ2) is 4.96. The van der Waals surface area contributed by atoms with Gasteiger partial charge in [0, 0.05) is 3.57 Å². The van der Waals surface area contributed by atoms with E-state index in [9.17, 15) is 4.79 Å². The molecule has 0 bridgehead atoms. The summed E-state index contributed by atoms with van der Waals surface area (Å²) in [6.45, 7) is 0.